The second kappa shape index (κ2) is 6.00. The lowest BCUT2D eigenvalue weighted by atomic mass is 9.95. The molecule has 0 aromatic rings. The lowest BCUT2D eigenvalue weighted by Gasteiger charge is -2.33. The van der Waals surface area contributed by atoms with Gasteiger partial charge in [-0.3, -0.25) is 9.59 Å². The van der Waals surface area contributed by atoms with E-state index < -0.39 is 6.04 Å². The minimum absolute atomic E-state index is 0.0169. The van der Waals surface area contributed by atoms with Crippen LogP contribution in [0.5, 0.6) is 0 Å². The number of likely N-dealkylation sites (tertiary alicyclic amines) is 1. The molecule has 1 aliphatic rings. The highest BCUT2D eigenvalue weighted by atomic mass is 16.2. The molecule has 1 aliphatic heterocycles. The smallest absolute Gasteiger partial charge is 0.239 e. The van der Waals surface area contributed by atoms with Gasteiger partial charge < -0.3 is 15.5 Å². The third-order valence-electron chi connectivity index (χ3n) is 3.35. The van der Waals surface area contributed by atoms with E-state index in [0.29, 0.717) is 19.5 Å². The second-order valence-electron chi connectivity index (χ2n) is 4.85. The minimum atomic E-state index is -0.392. The fourth-order valence-electron chi connectivity index (χ4n) is 2.12. The summed E-state index contributed by atoms with van der Waals surface area (Å²) in [5.41, 5.74) is 5.72. The monoisotopic (exact) mass is 241 g/mol. The van der Waals surface area contributed by atoms with Crippen LogP contribution < -0.4 is 5.73 Å². The number of hydrogen-bond acceptors (Lipinski definition) is 3. The standard InChI is InChI=1S/C12H23N3O2/c1-4-10(13)12(17)15-7-5-9(6-8-15)11(16)14(2)3/h9-10H,4-8,13H2,1-3H3/t10-/m0/s1. The lowest BCUT2D eigenvalue weighted by Crippen LogP contribution is -2.48. The Labute approximate surface area is 103 Å². The van der Waals surface area contributed by atoms with Crippen LogP contribution in [0.3, 0.4) is 0 Å². The summed E-state index contributed by atoms with van der Waals surface area (Å²) in [7, 11) is 3.54. The van der Waals surface area contributed by atoms with Crippen molar-refractivity contribution >= 4 is 11.8 Å². The summed E-state index contributed by atoms with van der Waals surface area (Å²) in [4.78, 5) is 27.0. The van der Waals surface area contributed by atoms with Gasteiger partial charge in [-0.2, -0.15) is 0 Å². The Kier molecular flexibility index (Phi) is 4.93. The molecule has 0 bridgehead atoms. The van der Waals surface area contributed by atoms with E-state index in [-0.39, 0.29) is 17.7 Å². The maximum absolute atomic E-state index is 11.8. The average Bonchev–Trinajstić information content (AvgIpc) is 2.36. The van der Waals surface area contributed by atoms with E-state index in [0.717, 1.165) is 12.8 Å². The van der Waals surface area contributed by atoms with Gasteiger partial charge in [-0.15, -0.1) is 0 Å². The Bertz CT molecular complexity index is 283. The molecular formula is C12H23N3O2. The number of nitrogens with two attached hydrogens (primary N) is 1. The zero-order chi connectivity index (χ0) is 13.0. The molecule has 98 valence electrons. The van der Waals surface area contributed by atoms with Gasteiger partial charge >= 0.3 is 0 Å². The predicted octanol–water partition coefficient (Wildman–Crippen LogP) is 0.0505. The maximum atomic E-state index is 11.8. The SMILES string of the molecule is CC[C@H](N)C(=O)N1CCC(C(=O)N(C)C)CC1. The van der Waals surface area contributed by atoms with E-state index >= 15 is 0 Å². The molecule has 1 fully saturated rings. The Hall–Kier alpha value is -1.10. The Balaban J connectivity index is 2.46. The van der Waals surface area contributed by atoms with Crippen LogP contribution in [0.1, 0.15) is 26.2 Å². The molecule has 0 aromatic heterocycles. The summed E-state index contributed by atoms with van der Waals surface area (Å²) in [5, 5.41) is 0. The quantitative estimate of drug-likeness (QED) is 0.759. The molecule has 0 aliphatic carbocycles. The fraction of sp³-hybridized carbons (Fsp3) is 0.833. The van der Waals surface area contributed by atoms with E-state index in [2.05, 4.69) is 0 Å². The third kappa shape index (κ3) is 3.43. The molecule has 5 heteroatoms. The first kappa shape index (κ1) is 14.0. The first-order valence-electron chi connectivity index (χ1n) is 6.22. The molecule has 2 amide bonds. The van der Waals surface area contributed by atoms with Crippen LogP contribution in [0.2, 0.25) is 0 Å². The maximum Gasteiger partial charge on any atom is 0.239 e. The molecule has 1 heterocycles. The fourth-order valence-corrected chi connectivity index (χ4v) is 2.12. The Morgan fingerprint density at radius 3 is 2.29 bits per heavy atom. The van der Waals surface area contributed by atoms with Crippen molar-refractivity contribution < 1.29 is 9.59 Å². The van der Waals surface area contributed by atoms with Crippen molar-refractivity contribution in [2.75, 3.05) is 27.2 Å². The second-order valence-corrected chi connectivity index (χ2v) is 4.85. The predicted molar refractivity (Wildman–Crippen MR) is 66.3 cm³/mol. The molecule has 0 radical (unpaired) electrons. The Morgan fingerprint density at radius 2 is 1.88 bits per heavy atom. The minimum Gasteiger partial charge on any atom is -0.349 e. The van der Waals surface area contributed by atoms with E-state index in [4.69, 9.17) is 5.73 Å². The summed E-state index contributed by atoms with van der Waals surface area (Å²) < 4.78 is 0. The van der Waals surface area contributed by atoms with E-state index in [1.54, 1.807) is 23.9 Å². The van der Waals surface area contributed by atoms with Crippen molar-refractivity contribution in [3.8, 4) is 0 Å². The van der Waals surface area contributed by atoms with Crippen molar-refractivity contribution in [1.29, 1.82) is 0 Å². The molecule has 0 aromatic carbocycles. The van der Waals surface area contributed by atoms with Crippen LogP contribution in [0.15, 0.2) is 0 Å². The van der Waals surface area contributed by atoms with E-state index in [1.807, 2.05) is 6.92 Å². The summed E-state index contributed by atoms with van der Waals surface area (Å²) in [6, 6.07) is -0.392. The largest absolute Gasteiger partial charge is 0.349 e. The van der Waals surface area contributed by atoms with Gasteiger partial charge in [0.1, 0.15) is 0 Å². The van der Waals surface area contributed by atoms with Gasteiger partial charge in [0, 0.05) is 33.1 Å². The van der Waals surface area contributed by atoms with Gasteiger partial charge in [-0.1, -0.05) is 6.92 Å². The van der Waals surface area contributed by atoms with E-state index in [1.165, 1.54) is 0 Å². The van der Waals surface area contributed by atoms with Gasteiger partial charge in [-0.05, 0) is 19.3 Å². The normalized spacial score (nSPS) is 18.9. The number of hydrogen-bond donors (Lipinski definition) is 1. The first-order valence-corrected chi connectivity index (χ1v) is 6.22. The molecule has 1 atom stereocenters. The summed E-state index contributed by atoms with van der Waals surface area (Å²) >= 11 is 0. The molecular weight excluding hydrogens is 218 g/mol. The molecule has 0 spiro atoms. The number of carbonyl (C=O) groups excluding carboxylic acids is 2. The van der Waals surface area contributed by atoms with Gasteiger partial charge in [0.05, 0.1) is 6.04 Å². The molecule has 17 heavy (non-hydrogen) atoms. The summed E-state index contributed by atoms with van der Waals surface area (Å²) in [6.45, 7) is 3.21. The first-order chi connectivity index (χ1) is 7.97. The van der Waals surface area contributed by atoms with Crippen molar-refractivity contribution in [2.45, 2.75) is 32.2 Å². The van der Waals surface area contributed by atoms with Gasteiger partial charge in [0.25, 0.3) is 0 Å². The van der Waals surface area contributed by atoms with Gasteiger partial charge in [0.15, 0.2) is 0 Å². The molecule has 0 unspecified atom stereocenters. The molecule has 1 saturated heterocycles. The number of rotatable bonds is 3. The molecule has 2 N–H and O–H groups in total. The number of piperidine rings is 1. The van der Waals surface area contributed by atoms with Crippen LogP contribution in [-0.2, 0) is 9.59 Å². The molecule has 1 rings (SSSR count). The highest BCUT2D eigenvalue weighted by molar-refractivity contribution is 5.82. The molecule has 0 saturated carbocycles. The zero-order valence-electron chi connectivity index (χ0n) is 11.0. The number of nitrogens with zero attached hydrogens (tertiary/aromatic N) is 2. The van der Waals surface area contributed by atoms with Crippen LogP contribution in [0.4, 0.5) is 0 Å². The lowest BCUT2D eigenvalue weighted by molar-refractivity contribution is -0.139. The van der Waals surface area contributed by atoms with Crippen molar-refractivity contribution in [3.05, 3.63) is 0 Å². The van der Waals surface area contributed by atoms with Gasteiger partial charge in [-0.25, -0.2) is 0 Å². The number of carbonyl (C=O) groups is 2. The third-order valence-corrected chi connectivity index (χ3v) is 3.35. The van der Waals surface area contributed by atoms with Crippen molar-refractivity contribution in [1.82, 2.24) is 9.80 Å². The topological polar surface area (TPSA) is 66.6 Å². The number of amides is 2. The van der Waals surface area contributed by atoms with Crippen LogP contribution in [0, 0.1) is 5.92 Å². The van der Waals surface area contributed by atoms with Crippen molar-refractivity contribution in [3.63, 3.8) is 0 Å². The summed E-state index contributed by atoms with van der Waals surface area (Å²) in [5.74, 6) is 0.243. The summed E-state index contributed by atoms with van der Waals surface area (Å²) in [6.07, 6.45) is 2.16. The van der Waals surface area contributed by atoms with Gasteiger partial charge in [0.2, 0.25) is 11.8 Å². The highest BCUT2D eigenvalue weighted by Crippen LogP contribution is 2.19. The molecule has 5 nitrogen and oxygen atoms in total. The Morgan fingerprint density at radius 1 is 1.35 bits per heavy atom. The van der Waals surface area contributed by atoms with Crippen LogP contribution in [-0.4, -0.2) is 54.8 Å². The average molecular weight is 241 g/mol. The van der Waals surface area contributed by atoms with Crippen LogP contribution >= 0.6 is 0 Å². The van der Waals surface area contributed by atoms with E-state index in [9.17, 15) is 9.59 Å². The van der Waals surface area contributed by atoms with Crippen molar-refractivity contribution in [2.24, 2.45) is 11.7 Å². The van der Waals surface area contributed by atoms with Crippen LogP contribution in [0.25, 0.3) is 0 Å². The zero-order valence-corrected chi connectivity index (χ0v) is 11.0. The highest BCUT2D eigenvalue weighted by Gasteiger charge is 2.29.